The van der Waals surface area contributed by atoms with Crippen molar-refractivity contribution >= 4 is 5.91 Å². The van der Waals surface area contributed by atoms with Crippen molar-refractivity contribution in [3.63, 3.8) is 0 Å². The average Bonchev–Trinajstić information content (AvgIpc) is 3.31. The Hall–Kier alpha value is -2.60. The molecule has 1 amide bonds. The number of ether oxygens (including phenoxy) is 2. The third kappa shape index (κ3) is 4.93. The maximum Gasteiger partial charge on any atom is 0.253 e. The summed E-state index contributed by atoms with van der Waals surface area (Å²) in [6.45, 7) is 4.29. The number of carbonyl (C=O) groups excluding carboxylic acids is 1. The zero-order chi connectivity index (χ0) is 20.9. The van der Waals surface area contributed by atoms with Gasteiger partial charge in [-0.1, -0.05) is 6.07 Å². The van der Waals surface area contributed by atoms with Crippen LogP contribution in [0.15, 0.2) is 42.5 Å². The maximum absolute atomic E-state index is 13.4. The number of carbonyl (C=O) groups is 1. The number of amides is 1. The second kappa shape index (κ2) is 9.47. The maximum atomic E-state index is 13.4. The van der Waals surface area contributed by atoms with Crippen molar-refractivity contribution in [3.05, 3.63) is 59.4 Å². The lowest BCUT2D eigenvalue weighted by Gasteiger charge is -2.32. The second-order valence-electron chi connectivity index (χ2n) is 8.07. The molecule has 0 N–H and O–H groups in total. The van der Waals surface area contributed by atoms with Crippen molar-refractivity contribution in [3.8, 4) is 11.5 Å². The number of piperidine rings is 1. The van der Waals surface area contributed by atoms with E-state index >= 15 is 0 Å². The van der Waals surface area contributed by atoms with Crippen LogP contribution in [0.4, 0.5) is 4.39 Å². The lowest BCUT2D eigenvalue weighted by atomic mass is 10.1. The van der Waals surface area contributed by atoms with Crippen molar-refractivity contribution in [1.82, 2.24) is 9.80 Å². The fourth-order valence-electron chi connectivity index (χ4n) is 4.25. The minimum absolute atomic E-state index is 0.114. The monoisotopic (exact) mass is 412 g/mol. The molecule has 2 aromatic carbocycles. The van der Waals surface area contributed by atoms with Crippen molar-refractivity contribution in [2.45, 2.75) is 38.3 Å². The van der Waals surface area contributed by atoms with Crippen LogP contribution in [-0.4, -0.2) is 55.1 Å². The summed E-state index contributed by atoms with van der Waals surface area (Å²) in [6.07, 6.45) is 4.21. The summed E-state index contributed by atoms with van der Waals surface area (Å²) in [5.74, 6) is 1.24. The van der Waals surface area contributed by atoms with Crippen LogP contribution in [0.5, 0.6) is 11.5 Å². The van der Waals surface area contributed by atoms with E-state index in [-0.39, 0.29) is 17.8 Å². The van der Waals surface area contributed by atoms with Crippen molar-refractivity contribution < 1.29 is 18.7 Å². The van der Waals surface area contributed by atoms with E-state index in [1.165, 1.54) is 12.1 Å². The van der Waals surface area contributed by atoms with Crippen LogP contribution < -0.4 is 9.47 Å². The molecule has 0 radical (unpaired) electrons. The standard InChI is InChI=1S/C24H29FN2O3/c1-29-23-16-20(25)7-4-19(23)17-26-14-10-22(11-15-26)30-21-8-5-18(6-9-21)24(28)27-12-2-3-13-27/h4-9,16,22H,2-3,10-15,17H2,1H3. The van der Waals surface area contributed by atoms with Gasteiger partial charge in [-0.15, -0.1) is 0 Å². The molecule has 0 atom stereocenters. The number of likely N-dealkylation sites (tertiary alicyclic amines) is 2. The summed E-state index contributed by atoms with van der Waals surface area (Å²) >= 11 is 0. The molecular weight excluding hydrogens is 383 g/mol. The van der Waals surface area contributed by atoms with Gasteiger partial charge in [0.1, 0.15) is 23.4 Å². The topological polar surface area (TPSA) is 42.0 Å². The number of benzene rings is 2. The van der Waals surface area contributed by atoms with Crippen molar-refractivity contribution in [1.29, 1.82) is 0 Å². The highest BCUT2D eigenvalue weighted by Gasteiger charge is 2.22. The third-order valence-electron chi connectivity index (χ3n) is 5.97. The van der Waals surface area contributed by atoms with Crippen LogP contribution >= 0.6 is 0 Å². The SMILES string of the molecule is COc1cc(F)ccc1CN1CCC(Oc2ccc(C(=O)N3CCCC3)cc2)CC1. The average molecular weight is 413 g/mol. The van der Waals surface area contributed by atoms with E-state index in [0.717, 1.165) is 75.3 Å². The van der Waals surface area contributed by atoms with E-state index in [1.807, 2.05) is 29.2 Å². The predicted molar refractivity (Wildman–Crippen MR) is 113 cm³/mol. The van der Waals surface area contributed by atoms with Gasteiger partial charge in [-0.3, -0.25) is 9.69 Å². The molecule has 0 bridgehead atoms. The molecule has 2 aliphatic heterocycles. The zero-order valence-corrected chi connectivity index (χ0v) is 17.5. The van der Waals surface area contributed by atoms with Crippen LogP contribution in [0, 0.1) is 5.82 Å². The Morgan fingerprint density at radius 2 is 1.73 bits per heavy atom. The summed E-state index contributed by atoms with van der Waals surface area (Å²) in [6, 6.07) is 12.2. The van der Waals surface area contributed by atoms with E-state index in [0.29, 0.717) is 5.75 Å². The number of rotatable bonds is 6. The molecule has 0 spiro atoms. The van der Waals surface area contributed by atoms with E-state index in [9.17, 15) is 9.18 Å². The molecule has 6 heteroatoms. The van der Waals surface area contributed by atoms with Gasteiger partial charge in [0.2, 0.25) is 0 Å². The Morgan fingerprint density at radius 1 is 1.03 bits per heavy atom. The third-order valence-corrected chi connectivity index (χ3v) is 5.97. The van der Waals surface area contributed by atoms with Crippen molar-refractivity contribution in [2.24, 2.45) is 0 Å². The second-order valence-corrected chi connectivity index (χ2v) is 8.07. The van der Waals surface area contributed by atoms with Gasteiger partial charge < -0.3 is 14.4 Å². The Morgan fingerprint density at radius 3 is 2.40 bits per heavy atom. The van der Waals surface area contributed by atoms with Gasteiger partial charge in [0.15, 0.2) is 0 Å². The van der Waals surface area contributed by atoms with Gasteiger partial charge in [0, 0.05) is 49.9 Å². The van der Waals surface area contributed by atoms with Gasteiger partial charge >= 0.3 is 0 Å². The van der Waals surface area contributed by atoms with Gasteiger partial charge in [-0.25, -0.2) is 4.39 Å². The molecule has 0 aliphatic carbocycles. The molecule has 30 heavy (non-hydrogen) atoms. The molecule has 2 heterocycles. The largest absolute Gasteiger partial charge is 0.496 e. The Bertz CT molecular complexity index is 857. The minimum atomic E-state index is -0.282. The first-order chi connectivity index (χ1) is 14.6. The van der Waals surface area contributed by atoms with Gasteiger partial charge in [-0.05, 0) is 56.0 Å². The molecule has 2 saturated heterocycles. The van der Waals surface area contributed by atoms with Crippen LogP contribution in [-0.2, 0) is 6.54 Å². The van der Waals surface area contributed by atoms with Gasteiger partial charge in [0.25, 0.3) is 5.91 Å². The van der Waals surface area contributed by atoms with Gasteiger partial charge in [0.05, 0.1) is 7.11 Å². The first kappa shape index (κ1) is 20.7. The summed E-state index contributed by atoms with van der Waals surface area (Å²) in [5, 5.41) is 0. The molecule has 2 aromatic rings. The highest BCUT2D eigenvalue weighted by atomic mass is 19.1. The zero-order valence-electron chi connectivity index (χ0n) is 17.5. The molecular formula is C24H29FN2O3. The normalized spacial score (nSPS) is 17.9. The van der Waals surface area contributed by atoms with Crippen LogP contribution in [0.3, 0.4) is 0 Å². The van der Waals surface area contributed by atoms with Crippen LogP contribution in [0.25, 0.3) is 0 Å². The first-order valence-corrected chi connectivity index (χ1v) is 10.7. The molecule has 0 aromatic heterocycles. The Kier molecular flexibility index (Phi) is 6.53. The lowest BCUT2D eigenvalue weighted by molar-refractivity contribution is 0.0792. The van der Waals surface area contributed by atoms with Crippen molar-refractivity contribution in [2.75, 3.05) is 33.3 Å². The number of hydrogen-bond donors (Lipinski definition) is 0. The summed E-state index contributed by atoms with van der Waals surface area (Å²) in [4.78, 5) is 16.7. The van der Waals surface area contributed by atoms with E-state index < -0.39 is 0 Å². The highest BCUT2D eigenvalue weighted by molar-refractivity contribution is 5.94. The molecule has 0 saturated carbocycles. The molecule has 0 unspecified atom stereocenters. The van der Waals surface area contributed by atoms with Crippen LogP contribution in [0.1, 0.15) is 41.6 Å². The summed E-state index contributed by atoms with van der Waals surface area (Å²) in [5.41, 5.74) is 1.73. The molecule has 5 nitrogen and oxygen atoms in total. The molecule has 4 rings (SSSR count). The van der Waals surface area contributed by atoms with E-state index in [4.69, 9.17) is 9.47 Å². The van der Waals surface area contributed by atoms with Crippen LogP contribution in [0.2, 0.25) is 0 Å². The lowest BCUT2D eigenvalue weighted by Crippen LogP contribution is -2.37. The predicted octanol–water partition coefficient (Wildman–Crippen LogP) is 4.11. The van der Waals surface area contributed by atoms with Gasteiger partial charge in [-0.2, -0.15) is 0 Å². The number of halogens is 1. The smallest absolute Gasteiger partial charge is 0.253 e. The Balaban J connectivity index is 1.27. The van der Waals surface area contributed by atoms with E-state index in [2.05, 4.69) is 4.90 Å². The number of hydrogen-bond acceptors (Lipinski definition) is 4. The molecule has 2 fully saturated rings. The summed E-state index contributed by atoms with van der Waals surface area (Å²) in [7, 11) is 1.57. The number of nitrogens with zero attached hydrogens (tertiary/aromatic N) is 2. The fourth-order valence-corrected chi connectivity index (χ4v) is 4.25. The Labute approximate surface area is 177 Å². The molecule has 160 valence electrons. The number of methoxy groups -OCH3 is 1. The quantitative estimate of drug-likeness (QED) is 0.716. The fraction of sp³-hybridized carbons (Fsp3) is 0.458. The first-order valence-electron chi connectivity index (χ1n) is 10.7. The minimum Gasteiger partial charge on any atom is -0.496 e. The van der Waals surface area contributed by atoms with E-state index in [1.54, 1.807) is 13.2 Å². The molecule has 2 aliphatic rings. The summed E-state index contributed by atoms with van der Waals surface area (Å²) < 4.78 is 24.8. The highest BCUT2D eigenvalue weighted by Crippen LogP contribution is 2.25.